The number of nitrogens with zero attached hydrogens (tertiary/aromatic N) is 1. The van der Waals surface area contributed by atoms with Crippen molar-refractivity contribution in [1.82, 2.24) is 4.98 Å². The number of thiazole rings is 1. The van der Waals surface area contributed by atoms with Gasteiger partial charge in [0.15, 0.2) is 0 Å². The molecule has 3 aromatic rings. The third-order valence-corrected chi connectivity index (χ3v) is 6.31. The zero-order valence-electron chi connectivity index (χ0n) is 17.2. The first-order valence-corrected chi connectivity index (χ1v) is 11.5. The van der Waals surface area contributed by atoms with Crippen LogP contribution in [0.1, 0.15) is 41.7 Å². The van der Waals surface area contributed by atoms with Crippen LogP contribution in [0.5, 0.6) is 5.75 Å². The molecule has 2 heterocycles. The molecule has 0 spiro atoms. The third kappa shape index (κ3) is 5.25. The summed E-state index contributed by atoms with van der Waals surface area (Å²) in [5.74, 6) is 0.127. The van der Waals surface area contributed by atoms with E-state index in [0.29, 0.717) is 22.9 Å². The van der Waals surface area contributed by atoms with Crippen LogP contribution in [0, 0.1) is 0 Å². The van der Waals surface area contributed by atoms with Gasteiger partial charge >= 0.3 is 5.97 Å². The highest BCUT2D eigenvalue weighted by atomic mass is 32.1. The van der Waals surface area contributed by atoms with Gasteiger partial charge in [-0.2, -0.15) is 0 Å². The Balaban J connectivity index is 1.73. The zero-order valence-corrected chi connectivity index (χ0v) is 18.8. The fraction of sp³-hybridized carbons (Fsp3) is 0.318. The second-order valence-corrected chi connectivity index (χ2v) is 8.32. The van der Waals surface area contributed by atoms with Crippen molar-refractivity contribution in [3.8, 4) is 16.3 Å². The lowest BCUT2D eigenvalue weighted by Crippen LogP contribution is -2.16. The molecule has 8 heteroatoms. The molecule has 0 radical (unpaired) electrons. The summed E-state index contributed by atoms with van der Waals surface area (Å²) in [7, 11) is 0. The maximum absolute atomic E-state index is 12.6. The van der Waals surface area contributed by atoms with Crippen molar-refractivity contribution in [1.29, 1.82) is 0 Å². The number of aromatic nitrogens is 1. The Labute approximate surface area is 183 Å². The Morgan fingerprint density at radius 2 is 1.93 bits per heavy atom. The molecule has 0 aliphatic carbocycles. The van der Waals surface area contributed by atoms with Crippen LogP contribution in [0.15, 0.2) is 35.7 Å². The number of rotatable bonds is 9. The number of ether oxygens (including phenoxy) is 2. The van der Waals surface area contributed by atoms with Gasteiger partial charge in [-0.15, -0.1) is 22.7 Å². The van der Waals surface area contributed by atoms with Crippen LogP contribution in [0.2, 0.25) is 0 Å². The summed E-state index contributed by atoms with van der Waals surface area (Å²) in [6.07, 6.45) is 0.899. The number of aryl methyl sites for hydroxylation is 1. The normalized spacial score (nSPS) is 10.6. The van der Waals surface area contributed by atoms with Gasteiger partial charge in [-0.1, -0.05) is 19.1 Å². The van der Waals surface area contributed by atoms with E-state index in [1.165, 1.54) is 22.7 Å². The smallest absolute Gasteiger partial charge is 0.341 e. The highest BCUT2D eigenvalue weighted by Crippen LogP contribution is 2.33. The van der Waals surface area contributed by atoms with E-state index in [1.807, 2.05) is 43.5 Å². The number of esters is 1. The van der Waals surface area contributed by atoms with Crippen molar-refractivity contribution in [3.63, 3.8) is 0 Å². The van der Waals surface area contributed by atoms with Crippen LogP contribution >= 0.6 is 22.7 Å². The lowest BCUT2D eigenvalue weighted by Gasteiger charge is -2.07. The molecule has 0 unspecified atom stereocenters. The fourth-order valence-corrected chi connectivity index (χ4v) is 4.69. The number of hydrogen-bond donors (Lipinski definition) is 1. The van der Waals surface area contributed by atoms with Crippen LogP contribution < -0.4 is 10.1 Å². The third-order valence-electron chi connectivity index (χ3n) is 4.19. The second-order valence-electron chi connectivity index (χ2n) is 6.33. The Hall–Kier alpha value is -2.71. The number of carbonyl (C=O) groups excluding carboxylic acids is 2. The topological polar surface area (TPSA) is 77.5 Å². The minimum absolute atomic E-state index is 0.120. The standard InChI is InChI=1S/C22H24N2O4S2/c1-4-15-12-17(22(26)28-6-3)21(30-15)24-19(25)11-14-13-29-20(23-14)16-9-7-8-10-18(16)27-5-2/h7-10,12-13H,4-6,11H2,1-3H3,(H,24,25). The number of amides is 1. The molecule has 1 aromatic carbocycles. The van der Waals surface area contributed by atoms with Crippen LogP contribution in [0.25, 0.3) is 10.6 Å². The number of thiophene rings is 1. The van der Waals surface area contributed by atoms with Gasteiger partial charge in [0.25, 0.3) is 0 Å². The SMILES string of the molecule is CCOC(=O)c1cc(CC)sc1NC(=O)Cc1csc(-c2ccccc2OCC)n1. The highest BCUT2D eigenvalue weighted by Gasteiger charge is 2.19. The van der Waals surface area contributed by atoms with Crippen molar-refractivity contribution < 1.29 is 19.1 Å². The van der Waals surface area contributed by atoms with Crippen molar-refractivity contribution >= 4 is 39.6 Å². The molecule has 0 saturated carbocycles. The molecule has 0 aliphatic heterocycles. The van der Waals surface area contributed by atoms with E-state index < -0.39 is 5.97 Å². The Morgan fingerprint density at radius 1 is 1.13 bits per heavy atom. The van der Waals surface area contributed by atoms with E-state index in [0.717, 1.165) is 27.6 Å². The first kappa shape index (κ1) is 22.0. The maximum atomic E-state index is 12.6. The molecular weight excluding hydrogens is 420 g/mol. The van der Waals surface area contributed by atoms with Crippen molar-refractivity contribution in [2.24, 2.45) is 0 Å². The van der Waals surface area contributed by atoms with Gasteiger partial charge in [0, 0.05) is 10.3 Å². The summed E-state index contributed by atoms with van der Waals surface area (Å²) < 4.78 is 10.8. The van der Waals surface area contributed by atoms with Crippen LogP contribution in [0.3, 0.4) is 0 Å². The van der Waals surface area contributed by atoms with Gasteiger partial charge in [0.2, 0.25) is 5.91 Å². The number of carbonyl (C=O) groups is 2. The molecule has 158 valence electrons. The molecule has 6 nitrogen and oxygen atoms in total. The predicted molar refractivity (Wildman–Crippen MR) is 121 cm³/mol. The van der Waals surface area contributed by atoms with Crippen LogP contribution in [-0.2, 0) is 22.4 Å². The summed E-state index contributed by atoms with van der Waals surface area (Å²) in [6, 6.07) is 9.50. The van der Waals surface area contributed by atoms with Crippen LogP contribution in [0.4, 0.5) is 5.00 Å². The number of para-hydroxylation sites is 1. The van der Waals surface area contributed by atoms with Gasteiger partial charge in [0.1, 0.15) is 15.8 Å². The summed E-state index contributed by atoms with van der Waals surface area (Å²) in [5, 5.41) is 6.05. The fourth-order valence-electron chi connectivity index (χ4n) is 2.84. The Morgan fingerprint density at radius 3 is 2.67 bits per heavy atom. The first-order valence-electron chi connectivity index (χ1n) is 9.81. The van der Waals surface area contributed by atoms with E-state index in [1.54, 1.807) is 13.0 Å². The molecule has 1 amide bonds. The minimum atomic E-state index is -0.424. The zero-order chi connectivity index (χ0) is 21.5. The molecule has 0 saturated heterocycles. The average molecular weight is 445 g/mol. The molecule has 0 bridgehead atoms. The highest BCUT2D eigenvalue weighted by molar-refractivity contribution is 7.16. The molecule has 0 atom stereocenters. The van der Waals surface area contributed by atoms with Gasteiger partial charge in [-0.3, -0.25) is 4.79 Å². The second kappa shape index (κ2) is 10.4. The Bertz CT molecular complexity index is 1030. The average Bonchev–Trinajstić information content (AvgIpc) is 3.36. The van der Waals surface area contributed by atoms with Gasteiger partial charge in [-0.25, -0.2) is 9.78 Å². The molecule has 0 fully saturated rings. The summed E-state index contributed by atoms with van der Waals surface area (Å²) >= 11 is 2.87. The minimum Gasteiger partial charge on any atom is -0.493 e. The van der Waals surface area contributed by atoms with E-state index in [9.17, 15) is 9.59 Å². The van der Waals surface area contributed by atoms with E-state index in [-0.39, 0.29) is 18.9 Å². The Kier molecular flexibility index (Phi) is 7.59. The number of nitrogens with one attached hydrogen (secondary N) is 1. The lowest BCUT2D eigenvalue weighted by atomic mass is 10.2. The first-order chi connectivity index (χ1) is 14.5. The quantitative estimate of drug-likeness (QED) is 0.460. The van der Waals surface area contributed by atoms with Gasteiger partial charge < -0.3 is 14.8 Å². The van der Waals surface area contributed by atoms with Crippen LogP contribution in [-0.4, -0.2) is 30.1 Å². The number of benzene rings is 1. The number of anilines is 1. The largest absolute Gasteiger partial charge is 0.493 e. The molecular formula is C22H24N2O4S2. The predicted octanol–water partition coefficient (Wildman–Crippen LogP) is 5.19. The summed E-state index contributed by atoms with van der Waals surface area (Å²) in [6.45, 7) is 6.55. The molecule has 3 rings (SSSR count). The molecule has 30 heavy (non-hydrogen) atoms. The monoisotopic (exact) mass is 444 g/mol. The van der Waals surface area contributed by atoms with Crippen molar-refractivity contribution in [3.05, 3.63) is 51.8 Å². The molecule has 1 N–H and O–H groups in total. The maximum Gasteiger partial charge on any atom is 0.341 e. The lowest BCUT2D eigenvalue weighted by molar-refractivity contribution is -0.115. The number of hydrogen-bond acceptors (Lipinski definition) is 7. The van der Waals surface area contributed by atoms with E-state index in [4.69, 9.17) is 9.47 Å². The van der Waals surface area contributed by atoms with Crippen molar-refractivity contribution in [2.45, 2.75) is 33.6 Å². The van der Waals surface area contributed by atoms with Crippen molar-refractivity contribution in [2.75, 3.05) is 18.5 Å². The summed E-state index contributed by atoms with van der Waals surface area (Å²) in [5.41, 5.74) is 1.98. The van der Waals surface area contributed by atoms with Gasteiger partial charge in [-0.05, 0) is 38.5 Å². The van der Waals surface area contributed by atoms with E-state index >= 15 is 0 Å². The molecule has 0 aliphatic rings. The van der Waals surface area contributed by atoms with Gasteiger partial charge in [0.05, 0.1) is 36.5 Å². The molecule has 2 aromatic heterocycles. The van der Waals surface area contributed by atoms with E-state index in [2.05, 4.69) is 10.3 Å². The summed E-state index contributed by atoms with van der Waals surface area (Å²) in [4.78, 5) is 30.4.